The molecule has 0 radical (unpaired) electrons. The summed E-state index contributed by atoms with van der Waals surface area (Å²) in [4.78, 5) is 35.0. The van der Waals surface area contributed by atoms with Crippen molar-refractivity contribution in [1.82, 2.24) is 9.62 Å². The minimum absolute atomic E-state index is 0.0564. The van der Waals surface area contributed by atoms with Gasteiger partial charge in [-0.2, -0.15) is 4.72 Å². The maximum Gasteiger partial charge on any atom is 0.415 e. The Morgan fingerprint density at radius 2 is 1.85 bits per heavy atom. The van der Waals surface area contributed by atoms with Crippen LogP contribution in [0.3, 0.4) is 0 Å². The molecule has 1 aromatic carbocycles. The highest BCUT2D eigenvalue weighted by Crippen LogP contribution is 2.44. The molecular formula is C25H38N3O9PS. The molecule has 0 bridgehead atoms. The number of rotatable bonds is 13. The predicted octanol–water partition coefficient (Wildman–Crippen LogP) is 3.10. The number of amides is 1. The van der Waals surface area contributed by atoms with Gasteiger partial charge in [-0.05, 0) is 52.8 Å². The Kier molecular flexibility index (Phi) is 11.1. The molecular weight excluding hydrogens is 549 g/mol. The molecule has 0 aromatic heterocycles. The largest absolute Gasteiger partial charge is 0.466 e. The molecule has 0 fully saturated rings. The zero-order chi connectivity index (χ0) is 29.5. The molecule has 1 aliphatic carbocycles. The molecule has 1 aliphatic rings. The molecule has 4 N–H and O–H groups in total. The quantitative estimate of drug-likeness (QED) is 0.177. The maximum atomic E-state index is 13.7. The fraction of sp³-hybridized carbons (Fsp3) is 0.520. The average molecular weight is 588 g/mol. The summed E-state index contributed by atoms with van der Waals surface area (Å²) in [7, 11) is -9.15. The molecule has 14 heteroatoms. The summed E-state index contributed by atoms with van der Waals surface area (Å²) in [5, 5.41) is 0. The lowest BCUT2D eigenvalue weighted by molar-refractivity contribution is -0.161. The molecule has 4 atom stereocenters. The van der Waals surface area contributed by atoms with E-state index in [1.807, 2.05) is 0 Å². The standard InChI is InChI=1S/C25H38N3O9PS/c1-6-28(23(30)38(31,32)35-7-2)18-20(22(29)37-24(3,4)5)21(26)27-39(33,34)25(16-12-9-13-17-25)36-19-14-10-8-11-15-19/h8-16,20-21,27H,6-7,17-18,26H2,1-5H3,(H,31,32). The third kappa shape index (κ3) is 8.72. The van der Waals surface area contributed by atoms with Gasteiger partial charge in [0.15, 0.2) is 0 Å². The van der Waals surface area contributed by atoms with Crippen molar-refractivity contribution >= 4 is 29.2 Å². The molecule has 12 nitrogen and oxygen atoms in total. The van der Waals surface area contributed by atoms with Crippen molar-refractivity contribution < 1.29 is 41.5 Å². The molecule has 1 amide bonds. The van der Waals surface area contributed by atoms with Crippen molar-refractivity contribution in [2.45, 2.75) is 57.7 Å². The Morgan fingerprint density at radius 1 is 1.21 bits per heavy atom. The van der Waals surface area contributed by atoms with Gasteiger partial charge in [0.25, 0.3) is 10.0 Å². The van der Waals surface area contributed by atoms with E-state index in [0.29, 0.717) is 0 Å². The lowest BCUT2D eigenvalue weighted by Crippen LogP contribution is -2.59. The van der Waals surface area contributed by atoms with E-state index < -0.39 is 58.4 Å². The van der Waals surface area contributed by atoms with Gasteiger partial charge >= 0.3 is 19.2 Å². The third-order valence-electron chi connectivity index (χ3n) is 5.54. The van der Waals surface area contributed by atoms with Crippen molar-refractivity contribution in [1.29, 1.82) is 0 Å². The fourth-order valence-electron chi connectivity index (χ4n) is 3.66. The Balaban J connectivity index is 2.42. The van der Waals surface area contributed by atoms with Gasteiger partial charge < -0.3 is 29.5 Å². The van der Waals surface area contributed by atoms with E-state index in [9.17, 15) is 27.5 Å². The summed E-state index contributed by atoms with van der Waals surface area (Å²) in [6, 6.07) is 8.33. The summed E-state index contributed by atoms with van der Waals surface area (Å²) >= 11 is 0. The molecule has 4 unspecified atom stereocenters. The van der Waals surface area contributed by atoms with Crippen molar-refractivity contribution in [3.63, 3.8) is 0 Å². The zero-order valence-corrected chi connectivity index (χ0v) is 24.5. The van der Waals surface area contributed by atoms with Crippen molar-refractivity contribution in [3.05, 3.63) is 54.6 Å². The SMILES string of the molecule is CCOP(=O)(O)C(=O)N(CC)CC(C(=O)OC(C)(C)C)C(N)NS(=O)(=O)C1(Oc2ccccc2)C=CC=CC1. The number of nitrogens with zero attached hydrogens (tertiary/aromatic N) is 1. The van der Waals surface area contributed by atoms with Gasteiger partial charge in [-0.3, -0.25) is 9.59 Å². The zero-order valence-electron chi connectivity index (χ0n) is 22.8. The van der Waals surface area contributed by atoms with E-state index >= 15 is 0 Å². The van der Waals surface area contributed by atoms with Crippen molar-refractivity contribution in [2.75, 3.05) is 19.7 Å². The van der Waals surface area contributed by atoms with Crippen LogP contribution in [0.4, 0.5) is 4.79 Å². The monoisotopic (exact) mass is 587 g/mol. The molecule has 0 spiro atoms. The van der Waals surface area contributed by atoms with E-state index in [1.54, 1.807) is 63.3 Å². The third-order valence-corrected chi connectivity index (χ3v) is 8.79. The number of benzene rings is 1. The topological polar surface area (TPSA) is 175 Å². The predicted molar refractivity (Wildman–Crippen MR) is 146 cm³/mol. The van der Waals surface area contributed by atoms with Gasteiger partial charge in [-0.1, -0.05) is 36.4 Å². The first-order valence-electron chi connectivity index (χ1n) is 12.4. The molecule has 39 heavy (non-hydrogen) atoms. The first-order chi connectivity index (χ1) is 18.1. The number of sulfonamides is 1. The normalized spacial score (nSPS) is 20.5. The highest BCUT2D eigenvalue weighted by Gasteiger charge is 2.47. The van der Waals surface area contributed by atoms with E-state index in [-0.39, 0.29) is 25.3 Å². The molecule has 0 heterocycles. The van der Waals surface area contributed by atoms with Crippen LogP contribution in [0.1, 0.15) is 41.0 Å². The average Bonchev–Trinajstić information content (AvgIpc) is 2.84. The summed E-state index contributed by atoms with van der Waals surface area (Å²) in [6.07, 6.45) is 4.51. The second-order valence-electron chi connectivity index (χ2n) is 9.76. The lowest BCUT2D eigenvalue weighted by atomic mass is 10.1. The Hall–Kier alpha value is -2.54. The smallest absolute Gasteiger partial charge is 0.415 e. The summed E-state index contributed by atoms with van der Waals surface area (Å²) in [6.45, 7) is 6.99. The highest BCUT2D eigenvalue weighted by atomic mass is 32.2. The molecule has 218 valence electrons. The van der Waals surface area contributed by atoms with Gasteiger partial charge in [0.1, 0.15) is 17.3 Å². The van der Waals surface area contributed by atoms with Crippen LogP contribution in [-0.2, 0) is 28.6 Å². The molecule has 0 saturated carbocycles. The number of nitrogens with two attached hydrogens (primary N) is 1. The number of carbonyl (C=O) groups is 2. The van der Waals surface area contributed by atoms with E-state index in [4.69, 9.17) is 19.7 Å². The van der Waals surface area contributed by atoms with E-state index in [0.717, 1.165) is 4.90 Å². The number of nitrogens with one attached hydrogen (secondary N) is 1. The number of carbonyl (C=O) groups excluding carboxylic acids is 2. The van der Waals surface area contributed by atoms with Gasteiger partial charge in [0, 0.05) is 19.5 Å². The summed E-state index contributed by atoms with van der Waals surface area (Å²) in [5.74, 6) is -2.08. The Labute approximate surface area is 229 Å². The van der Waals surface area contributed by atoms with Gasteiger partial charge in [0.2, 0.25) is 4.93 Å². The van der Waals surface area contributed by atoms with Crippen molar-refractivity contribution in [3.8, 4) is 5.75 Å². The first kappa shape index (κ1) is 32.7. The number of hydrogen-bond acceptors (Lipinski definition) is 9. The minimum atomic E-state index is -4.71. The van der Waals surface area contributed by atoms with Crippen LogP contribution in [0.2, 0.25) is 0 Å². The number of ether oxygens (including phenoxy) is 2. The van der Waals surface area contributed by atoms with Crippen LogP contribution < -0.4 is 15.2 Å². The Bertz CT molecular complexity index is 1210. The van der Waals surface area contributed by atoms with Crippen LogP contribution in [-0.4, -0.2) is 66.2 Å². The van der Waals surface area contributed by atoms with Crippen LogP contribution in [0.5, 0.6) is 5.75 Å². The lowest BCUT2D eigenvalue weighted by Gasteiger charge is -2.35. The molecule has 0 aliphatic heterocycles. The first-order valence-corrected chi connectivity index (χ1v) is 15.5. The molecule has 1 aromatic rings. The van der Waals surface area contributed by atoms with Crippen LogP contribution in [0.15, 0.2) is 54.6 Å². The second-order valence-corrected chi connectivity index (χ2v) is 13.4. The van der Waals surface area contributed by atoms with Crippen LogP contribution in [0.25, 0.3) is 0 Å². The van der Waals surface area contributed by atoms with Crippen LogP contribution >= 0.6 is 7.60 Å². The van der Waals surface area contributed by atoms with Crippen molar-refractivity contribution in [2.24, 2.45) is 11.7 Å². The number of esters is 1. The molecule has 2 rings (SSSR count). The summed E-state index contributed by atoms with van der Waals surface area (Å²) in [5.41, 5.74) is 4.04. The highest BCUT2D eigenvalue weighted by molar-refractivity contribution is 7.91. The number of para-hydroxylation sites is 1. The second kappa shape index (κ2) is 13.2. The Morgan fingerprint density at radius 3 is 2.36 bits per heavy atom. The van der Waals surface area contributed by atoms with Crippen LogP contribution in [0, 0.1) is 5.92 Å². The number of hydrogen-bond donors (Lipinski definition) is 3. The minimum Gasteiger partial charge on any atom is -0.466 e. The van der Waals surface area contributed by atoms with E-state index in [2.05, 4.69) is 4.72 Å². The van der Waals surface area contributed by atoms with Gasteiger partial charge in [0.05, 0.1) is 12.8 Å². The number of allylic oxidation sites excluding steroid dienone is 2. The fourth-order valence-corrected chi connectivity index (χ4v) is 6.20. The van der Waals surface area contributed by atoms with Gasteiger partial charge in [-0.25, -0.2) is 13.0 Å². The molecule has 0 saturated heterocycles. The maximum absolute atomic E-state index is 13.7. The summed E-state index contributed by atoms with van der Waals surface area (Å²) < 4.78 is 58.2. The van der Waals surface area contributed by atoms with Gasteiger partial charge in [-0.15, -0.1) is 0 Å². The van der Waals surface area contributed by atoms with E-state index in [1.165, 1.54) is 26.0 Å².